The Morgan fingerprint density at radius 2 is 1.73 bits per heavy atom. The van der Waals surface area contributed by atoms with Crippen LogP contribution in [0.4, 0.5) is 17.6 Å². The maximum Gasteiger partial charge on any atom is 0.573 e. The second kappa shape index (κ2) is 8.01. The van der Waals surface area contributed by atoms with Gasteiger partial charge in [0.1, 0.15) is 0 Å². The van der Waals surface area contributed by atoms with Gasteiger partial charge in [0.15, 0.2) is 11.6 Å². The minimum Gasteiger partial charge on any atom is -0.403 e. The molecular weight excluding hydrogens is 344 g/mol. The number of benzene rings is 1. The third-order valence-electron chi connectivity index (χ3n) is 5.91. The van der Waals surface area contributed by atoms with Crippen molar-refractivity contribution in [1.29, 1.82) is 0 Å². The molecule has 1 fully saturated rings. The van der Waals surface area contributed by atoms with Crippen LogP contribution in [-0.2, 0) is 6.42 Å². The van der Waals surface area contributed by atoms with E-state index < -0.39 is 17.9 Å². The van der Waals surface area contributed by atoms with Gasteiger partial charge in [-0.25, -0.2) is 4.39 Å². The first-order valence-corrected chi connectivity index (χ1v) is 9.61. The standard InChI is InChI=1S/C21H26F4O/c1-2-14-3-5-15(6-4-14)7-8-16-9-10-17-13-20(26-21(23,24)25)19(22)12-18(17)11-16/h11-15H,2-10H2,1H3. The van der Waals surface area contributed by atoms with Crippen molar-refractivity contribution in [2.75, 3.05) is 0 Å². The van der Waals surface area contributed by atoms with Gasteiger partial charge in [0.05, 0.1) is 0 Å². The van der Waals surface area contributed by atoms with Gasteiger partial charge in [-0.15, -0.1) is 13.2 Å². The Labute approximate surface area is 152 Å². The van der Waals surface area contributed by atoms with Crippen LogP contribution in [0.1, 0.15) is 69.4 Å². The Balaban J connectivity index is 1.61. The molecule has 2 aliphatic carbocycles. The molecule has 0 aliphatic heterocycles. The van der Waals surface area contributed by atoms with Gasteiger partial charge < -0.3 is 4.74 Å². The minimum absolute atomic E-state index is 0.637. The van der Waals surface area contributed by atoms with E-state index in [1.165, 1.54) is 49.8 Å². The van der Waals surface area contributed by atoms with Crippen molar-refractivity contribution in [3.05, 3.63) is 34.6 Å². The maximum absolute atomic E-state index is 13.9. The first-order valence-electron chi connectivity index (χ1n) is 9.61. The summed E-state index contributed by atoms with van der Waals surface area (Å²) < 4.78 is 54.7. The summed E-state index contributed by atoms with van der Waals surface area (Å²) in [6.45, 7) is 2.26. The van der Waals surface area contributed by atoms with Crippen molar-refractivity contribution in [3.63, 3.8) is 0 Å². The second-order valence-corrected chi connectivity index (χ2v) is 7.67. The summed E-state index contributed by atoms with van der Waals surface area (Å²) in [5.41, 5.74) is 2.69. The normalized spacial score (nSPS) is 23.3. The molecule has 0 unspecified atom stereocenters. The average molecular weight is 370 g/mol. The van der Waals surface area contributed by atoms with E-state index in [4.69, 9.17) is 0 Å². The van der Waals surface area contributed by atoms with E-state index in [0.29, 0.717) is 12.0 Å². The molecule has 1 saturated carbocycles. The molecule has 0 heterocycles. The highest BCUT2D eigenvalue weighted by molar-refractivity contribution is 5.61. The van der Waals surface area contributed by atoms with Gasteiger partial charge in [-0.3, -0.25) is 0 Å². The summed E-state index contributed by atoms with van der Waals surface area (Å²) in [7, 11) is 0. The Kier molecular flexibility index (Phi) is 5.93. The predicted molar refractivity (Wildman–Crippen MR) is 94.4 cm³/mol. The number of hydrogen-bond acceptors (Lipinski definition) is 1. The summed E-state index contributed by atoms with van der Waals surface area (Å²) in [6.07, 6.45) is 7.25. The molecule has 0 saturated heterocycles. The molecule has 2 aliphatic rings. The summed E-state index contributed by atoms with van der Waals surface area (Å²) >= 11 is 0. The first kappa shape index (κ1) is 19.2. The molecule has 144 valence electrons. The summed E-state index contributed by atoms with van der Waals surface area (Å²) in [5.74, 6) is -0.0280. The third kappa shape index (κ3) is 5.01. The molecule has 0 N–H and O–H groups in total. The highest BCUT2D eigenvalue weighted by Gasteiger charge is 2.33. The zero-order chi connectivity index (χ0) is 18.7. The molecule has 0 radical (unpaired) electrons. The molecule has 0 amide bonds. The van der Waals surface area contributed by atoms with Gasteiger partial charge in [0.2, 0.25) is 0 Å². The molecule has 1 nitrogen and oxygen atoms in total. The van der Waals surface area contributed by atoms with E-state index in [2.05, 4.69) is 11.7 Å². The molecule has 1 aromatic carbocycles. The Morgan fingerprint density at radius 3 is 2.38 bits per heavy atom. The summed E-state index contributed by atoms with van der Waals surface area (Å²) in [6, 6.07) is 2.36. The molecule has 0 atom stereocenters. The van der Waals surface area contributed by atoms with Crippen LogP contribution < -0.4 is 4.74 Å². The third-order valence-corrected chi connectivity index (χ3v) is 5.91. The van der Waals surface area contributed by atoms with Gasteiger partial charge in [0.25, 0.3) is 0 Å². The van der Waals surface area contributed by atoms with Crippen LogP contribution in [0.3, 0.4) is 0 Å². The number of aryl methyl sites for hydroxylation is 1. The van der Waals surface area contributed by atoms with Crippen LogP contribution >= 0.6 is 0 Å². The highest BCUT2D eigenvalue weighted by Crippen LogP contribution is 2.37. The molecule has 3 rings (SSSR count). The molecular formula is C21H26F4O. The second-order valence-electron chi connectivity index (χ2n) is 7.67. The Bertz CT molecular complexity index is 655. The summed E-state index contributed by atoms with van der Waals surface area (Å²) in [5, 5.41) is 0. The lowest BCUT2D eigenvalue weighted by molar-refractivity contribution is -0.275. The van der Waals surface area contributed by atoms with Crippen molar-refractivity contribution >= 4 is 6.08 Å². The topological polar surface area (TPSA) is 9.23 Å². The van der Waals surface area contributed by atoms with Crippen molar-refractivity contribution in [3.8, 4) is 5.75 Å². The van der Waals surface area contributed by atoms with E-state index in [1.807, 2.05) is 6.08 Å². The lowest BCUT2D eigenvalue weighted by Crippen LogP contribution is -2.18. The summed E-state index contributed by atoms with van der Waals surface area (Å²) in [4.78, 5) is 0. The van der Waals surface area contributed by atoms with Crippen LogP contribution in [0.2, 0.25) is 0 Å². The van der Waals surface area contributed by atoms with Crippen LogP contribution in [-0.4, -0.2) is 6.36 Å². The number of ether oxygens (including phenoxy) is 1. The van der Waals surface area contributed by atoms with E-state index in [1.54, 1.807) is 0 Å². The SMILES string of the molecule is CCC1CCC(CCC2=Cc3cc(F)c(OC(F)(F)F)cc3CC2)CC1. The van der Waals surface area contributed by atoms with Crippen molar-refractivity contribution in [2.24, 2.45) is 11.8 Å². The molecule has 1 aromatic rings. The highest BCUT2D eigenvalue weighted by atomic mass is 19.4. The van der Waals surface area contributed by atoms with Crippen LogP contribution in [0, 0.1) is 17.7 Å². The molecule has 5 heteroatoms. The molecule has 0 bridgehead atoms. The van der Waals surface area contributed by atoms with E-state index >= 15 is 0 Å². The number of halogens is 4. The Hall–Kier alpha value is -1.52. The fraction of sp³-hybridized carbons (Fsp3) is 0.619. The lowest BCUT2D eigenvalue weighted by atomic mass is 9.78. The van der Waals surface area contributed by atoms with E-state index in [0.717, 1.165) is 36.7 Å². The number of hydrogen-bond donors (Lipinski definition) is 0. The number of allylic oxidation sites excluding steroid dienone is 1. The maximum atomic E-state index is 13.9. The van der Waals surface area contributed by atoms with E-state index in [-0.39, 0.29) is 0 Å². The molecule has 26 heavy (non-hydrogen) atoms. The van der Waals surface area contributed by atoms with Crippen molar-refractivity contribution in [1.82, 2.24) is 0 Å². The fourth-order valence-corrected chi connectivity index (χ4v) is 4.27. The zero-order valence-electron chi connectivity index (χ0n) is 15.2. The first-order chi connectivity index (χ1) is 12.3. The monoisotopic (exact) mass is 370 g/mol. The van der Waals surface area contributed by atoms with Crippen LogP contribution in [0.25, 0.3) is 6.08 Å². The van der Waals surface area contributed by atoms with Gasteiger partial charge >= 0.3 is 6.36 Å². The minimum atomic E-state index is -4.87. The zero-order valence-corrected chi connectivity index (χ0v) is 15.2. The number of fused-ring (bicyclic) bond motifs is 1. The molecule has 0 aromatic heterocycles. The number of rotatable bonds is 5. The number of alkyl halides is 3. The van der Waals surface area contributed by atoms with E-state index in [9.17, 15) is 17.6 Å². The van der Waals surface area contributed by atoms with Gasteiger partial charge in [-0.2, -0.15) is 0 Å². The smallest absolute Gasteiger partial charge is 0.403 e. The quantitative estimate of drug-likeness (QED) is 0.505. The predicted octanol–water partition coefficient (Wildman–Crippen LogP) is 7.05. The van der Waals surface area contributed by atoms with Gasteiger partial charge in [0, 0.05) is 0 Å². The Morgan fingerprint density at radius 1 is 1.04 bits per heavy atom. The molecule has 0 spiro atoms. The fourth-order valence-electron chi connectivity index (χ4n) is 4.27. The average Bonchev–Trinajstić information content (AvgIpc) is 2.60. The van der Waals surface area contributed by atoms with Gasteiger partial charge in [-0.05, 0) is 60.8 Å². The van der Waals surface area contributed by atoms with Crippen LogP contribution in [0.15, 0.2) is 17.7 Å². The van der Waals surface area contributed by atoms with Crippen molar-refractivity contribution < 1.29 is 22.3 Å². The van der Waals surface area contributed by atoms with Gasteiger partial charge in [-0.1, -0.05) is 50.7 Å². The lowest BCUT2D eigenvalue weighted by Gasteiger charge is -2.28. The van der Waals surface area contributed by atoms with Crippen LogP contribution in [0.5, 0.6) is 5.75 Å². The largest absolute Gasteiger partial charge is 0.573 e. The van der Waals surface area contributed by atoms with Crippen molar-refractivity contribution in [2.45, 2.75) is 71.1 Å².